The van der Waals surface area contributed by atoms with E-state index in [1.54, 1.807) is 18.2 Å². The van der Waals surface area contributed by atoms with E-state index in [1.165, 1.54) is 29.2 Å². The normalized spacial score (nSPS) is 18.1. The van der Waals surface area contributed by atoms with Crippen LogP contribution in [-0.4, -0.2) is 34.9 Å². The second-order valence-corrected chi connectivity index (χ2v) is 8.08. The van der Waals surface area contributed by atoms with Crippen LogP contribution in [0.2, 0.25) is 0 Å². The Labute approximate surface area is 168 Å². The van der Waals surface area contributed by atoms with Crippen LogP contribution in [0.4, 0.5) is 4.39 Å². The number of nitrogens with zero attached hydrogens (tertiary/aromatic N) is 2. The molecule has 0 aliphatic carbocycles. The fourth-order valence-electron chi connectivity index (χ4n) is 3.59. The molecule has 0 bridgehead atoms. The highest BCUT2D eigenvalue weighted by atomic mass is 32.1. The molecular formula is C22H22FN3OS. The number of benzene rings is 2. The van der Waals surface area contributed by atoms with Crippen LogP contribution < -0.4 is 5.32 Å². The molecule has 1 aromatic heterocycles. The third-order valence-corrected chi connectivity index (χ3v) is 6.25. The fourth-order valence-corrected chi connectivity index (χ4v) is 4.44. The molecule has 4 nitrogen and oxygen atoms in total. The van der Waals surface area contributed by atoms with Gasteiger partial charge in [0.2, 0.25) is 0 Å². The van der Waals surface area contributed by atoms with Gasteiger partial charge in [-0.1, -0.05) is 42.5 Å². The topological polar surface area (TPSA) is 45.2 Å². The van der Waals surface area contributed by atoms with Crippen molar-refractivity contribution in [3.63, 3.8) is 0 Å². The summed E-state index contributed by atoms with van der Waals surface area (Å²) in [5, 5.41) is 3.63. The first-order valence-electron chi connectivity index (χ1n) is 9.42. The maximum atomic E-state index is 13.9. The van der Waals surface area contributed by atoms with Crippen LogP contribution in [0, 0.1) is 5.82 Å². The SMILES string of the molecule is CC(c1ccccc1)N1CCC(NC(=O)c2cnc(-c3ccccc3F)s2)C1. The number of hydrogen-bond acceptors (Lipinski definition) is 4. The van der Waals surface area contributed by atoms with Crippen molar-refractivity contribution in [2.24, 2.45) is 0 Å². The molecule has 144 valence electrons. The molecule has 2 heterocycles. The summed E-state index contributed by atoms with van der Waals surface area (Å²) < 4.78 is 13.9. The number of carbonyl (C=O) groups is 1. The van der Waals surface area contributed by atoms with Gasteiger partial charge in [0.15, 0.2) is 0 Å². The van der Waals surface area contributed by atoms with Gasteiger partial charge in [0.1, 0.15) is 15.7 Å². The zero-order chi connectivity index (χ0) is 19.5. The molecule has 2 unspecified atom stereocenters. The summed E-state index contributed by atoms with van der Waals surface area (Å²) in [4.78, 5) is 19.8. The lowest BCUT2D eigenvalue weighted by molar-refractivity contribution is 0.0940. The minimum absolute atomic E-state index is 0.109. The predicted octanol–water partition coefficient (Wildman–Crippen LogP) is 4.51. The first-order chi connectivity index (χ1) is 13.6. The second kappa shape index (κ2) is 8.20. The van der Waals surface area contributed by atoms with Gasteiger partial charge in [-0.3, -0.25) is 9.69 Å². The van der Waals surface area contributed by atoms with Crippen molar-refractivity contribution in [1.29, 1.82) is 0 Å². The molecule has 1 amide bonds. The number of carbonyl (C=O) groups excluding carboxylic acids is 1. The molecule has 1 aliphatic rings. The minimum Gasteiger partial charge on any atom is -0.347 e. The van der Waals surface area contributed by atoms with Gasteiger partial charge in [-0.15, -0.1) is 11.3 Å². The van der Waals surface area contributed by atoms with Crippen molar-refractivity contribution in [2.75, 3.05) is 13.1 Å². The van der Waals surface area contributed by atoms with Gasteiger partial charge in [-0.2, -0.15) is 0 Å². The lowest BCUT2D eigenvalue weighted by Gasteiger charge is -2.24. The number of nitrogens with one attached hydrogen (secondary N) is 1. The monoisotopic (exact) mass is 395 g/mol. The maximum absolute atomic E-state index is 13.9. The van der Waals surface area contributed by atoms with E-state index in [9.17, 15) is 9.18 Å². The Morgan fingerprint density at radius 2 is 1.96 bits per heavy atom. The average molecular weight is 396 g/mol. The molecule has 2 atom stereocenters. The summed E-state index contributed by atoms with van der Waals surface area (Å²) in [7, 11) is 0. The summed E-state index contributed by atoms with van der Waals surface area (Å²) in [5.74, 6) is -0.468. The highest BCUT2D eigenvalue weighted by Gasteiger charge is 2.28. The van der Waals surface area contributed by atoms with Crippen LogP contribution >= 0.6 is 11.3 Å². The number of likely N-dealkylation sites (tertiary alicyclic amines) is 1. The van der Waals surface area contributed by atoms with Gasteiger partial charge in [-0.25, -0.2) is 9.37 Å². The average Bonchev–Trinajstić information content (AvgIpc) is 3.38. The molecule has 1 N–H and O–H groups in total. The predicted molar refractivity (Wildman–Crippen MR) is 110 cm³/mol. The first kappa shape index (κ1) is 18.8. The number of rotatable bonds is 5. The maximum Gasteiger partial charge on any atom is 0.263 e. The Morgan fingerprint density at radius 1 is 1.21 bits per heavy atom. The summed E-state index contributed by atoms with van der Waals surface area (Å²) in [6.45, 7) is 3.97. The summed E-state index contributed by atoms with van der Waals surface area (Å²) in [6.07, 6.45) is 2.45. The summed E-state index contributed by atoms with van der Waals surface area (Å²) >= 11 is 1.22. The van der Waals surface area contributed by atoms with Crippen molar-refractivity contribution in [2.45, 2.75) is 25.4 Å². The molecule has 6 heteroatoms. The van der Waals surface area contributed by atoms with Crippen LogP contribution in [-0.2, 0) is 0 Å². The smallest absolute Gasteiger partial charge is 0.263 e. The van der Waals surface area contributed by atoms with E-state index in [4.69, 9.17) is 0 Å². The van der Waals surface area contributed by atoms with Crippen LogP contribution in [0.1, 0.15) is 34.6 Å². The van der Waals surface area contributed by atoms with Crippen molar-refractivity contribution in [3.05, 3.63) is 77.1 Å². The zero-order valence-corrected chi connectivity index (χ0v) is 16.5. The van der Waals surface area contributed by atoms with Crippen LogP contribution in [0.3, 0.4) is 0 Å². The number of thiazole rings is 1. The third-order valence-electron chi connectivity index (χ3n) is 5.22. The minimum atomic E-state index is -0.329. The van der Waals surface area contributed by atoms with Gasteiger partial charge in [0.25, 0.3) is 5.91 Å². The molecule has 0 saturated carbocycles. The Hall–Kier alpha value is -2.57. The van der Waals surface area contributed by atoms with E-state index in [-0.39, 0.29) is 17.8 Å². The lowest BCUT2D eigenvalue weighted by atomic mass is 10.1. The molecule has 28 heavy (non-hydrogen) atoms. The highest BCUT2D eigenvalue weighted by Crippen LogP contribution is 2.28. The molecule has 3 aromatic rings. The van der Waals surface area contributed by atoms with Crippen LogP contribution in [0.25, 0.3) is 10.6 Å². The molecule has 1 fully saturated rings. The Bertz CT molecular complexity index is 959. The van der Waals surface area contributed by atoms with E-state index in [0.29, 0.717) is 21.5 Å². The van der Waals surface area contributed by atoms with Gasteiger partial charge in [0, 0.05) is 30.7 Å². The number of hydrogen-bond donors (Lipinski definition) is 1. The van der Waals surface area contributed by atoms with Gasteiger partial charge >= 0.3 is 0 Å². The Kier molecular flexibility index (Phi) is 5.50. The van der Waals surface area contributed by atoms with Crippen molar-refractivity contribution >= 4 is 17.2 Å². The van der Waals surface area contributed by atoms with E-state index in [0.717, 1.165) is 19.5 Å². The quantitative estimate of drug-likeness (QED) is 0.691. The zero-order valence-electron chi connectivity index (χ0n) is 15.6. The molecule has 2 aromatic carbocycles. The summed E-state index contributed by atoms with van der Waals surface area (Å²) in [5.41, 5.74) is 1.71. The number of halogens is 1. The van der Waals surface area contributed by atoms with Crippen LogP contribution in [0.15, 0.2) is 60.8 Å². The number of amides is 1. The number of aromatic nitrogens is 1. The van der Waals surface area contributed by atoms with Crippen molar-refractivity contribution < 1.29 is 9.18 Å². The molecule has 0 spiro atoms. The second-order valence-electron chi connectivity index (χ2n) is 7.05. The van der Waals surface area contributed by atoms with E-state index >= 15 is 0 Å². The molecule has 4 rings (SSSR count). The molecule has 1 aliphatic heterocycles. The van der Waals surface area contributed by atoms with E-state index < -0.39 is 0 Å². The standard InChI is InChI=1S/C22H22FN3OS/c1-15(16-7-3-2-4-8-16)26-12-11-17(14-26)25-21(27)20-13-24-22(28-20)18-9-5-6-10-19(18)23/h2-10,13,15,17H,11-12,14H2,1H3,(H,25,27). The summed E-state index contributed by atoms with van der Waals surface area (Å²) in [6, 6.07) is 17.3. The lowest BCUT2D eigenvalue weighted by Crippen LogP contribution is -2.37. The van der Waals surface area contributed by atoms with Crippen molar-refractivity contribution in [3.8, 4) is 10.6 Å². The van der Waals surface area contributed by atoms with Crippen molar-refractivity contribution in [1.82, 2.24) is 15.2 Å². The largest absolute Gasteiger partial charge is 0.347 e. The molecule has 0 radical (unpaired) electrons. The van der Waals surface area contributed by atoms with Gasteiger partial charge in [0.05, 0.1) is 6.20 Å². The first-order valence-corrected chi connectivity index (χ1v) is 10.2. The Morgan fingerprint density at radius 3 is 2.75 bits per heavy atom. The van der Waals surface area contributed by atoms with Gasteiger partial charge < -0.3 is 5.32 Å². The fraction of sp³-hybridized carbons (Fsp3) is 0.273. The van der Waals surface area contributed by atoms with E-state index in [2.05, 4.69) is 46.4 Å². The molecule has 1 saturated heterocycles. The highest BCUT2D eigenvalue weighted by molar-refractivity contribution is 7.16. The third kappa shape index (κ3) is 3.98. The van der Waals surface area contributed by atoms with E-state index in [1.807, 2.05) is 6.07 Å². The Balaban J connectivity index is 1.38. The van der Waals surface area contributed by atoms with Crippen LogP contribution in [0.5, 0.6) is 0 Å². The van der Waals surface area contributed by atoms with Gasteiger partial charge in [-0.05, 0) is 31.0 Å². The molecular weight excluding hydrogens is 373 g/mol.